The smallest absolute Gasteiger partial charge is 0.287 e. The third-order valence-electron chi connectivity index (χ3n) is 3.39. The summed E-state index contributed by atoms with van der Waals surface area (Å²) in [4.78, 5) is 23.6. The first-order valence-corrected chi connectivity index (χ1v) is 7.74. The number of anilines is 3. The Labute approximate surface area is 144 Å². The number of furan rings is 1. The Morgan fingerprint density at radius 2 is 1.48 bits per heavy atom. The van der Waals surface area contributed by atoms with Crippen molar-refractivity contribution in [3.63, 3.8) is 0 Å². The first kappa shape index (κ1) is 16.3. The summed E-state index contributed by atoms with van der Waals surface area (Å²) >= 11 is 0. The molecular formula is C19H17N3O3. The summed E-state index contributed by atoms with van der Waals surface area (Å²) in [5, 5.41) is 8.47. The maximum atomic E-state index is 11.9. The number of rotatable bonds is 6. The van der Waals surface area contributed by atoms with E-state index < -0.39 is 5.91 Å². The van der Waals surface area contributed by atoms with E-state index >= 15 is 0 Å². The molecule has 0 unspecified atom stereocenters. The van der Waals surface area contributed by atoms with Crippen LogP contribution in [0.5, 0.6) is 0 Å². The SMILES string of the molecule is O=C(CNC(=O)c1ccco1)Nc1ccc(Nc2ccccc2)cc1. The molecule has 1 aromatic heterocycles. The van der Waals surface area contributed by atoms with Gasteiger partial charge < -0.3 is 20.4 Å². The van der Waals surface area contributed by atoms with E-state index in [1.807, 2.05) is 42.5 Å². The summed E-state index contributed by atoms with van der Waals surface area (Å²) in [6.45, 7) is -0.135. The second-order valence-electron chi connectivity index (χ2n) is 5.28. The van der Waals surface area contributed by atoms with Crippen LogP contribution in [0.3, 0.4) is 0 Å². The summed E-state index contributed by atoms with van der Waals surface area (Å²) in [5.41, 5.74) is 2.55. The van der Waals surface area contributed by atoms with Gasteiger partial charge in [0.15, 0.2) is 5.76 Å². The van der Waals surface area contributed by atoms with Gasteiger partial charge in [0.25, 0.3) is 5.91 Å². The predicted molar refractivity (Wildman–Crippen MR) is 95.8 cm³/mol. The number of nitrogens with one attached hydrogen (secondary N) is 3. The van der Waals surface area contributed by atoms with Gasteiger partial charge in [0.05, 0.1) is 12.8 Å². The first-order chi connectivity index (χ1) is 12.2. The number of carbonyl (C=O) groups excluding carboxylic acids is 2. The van der Waals surface area contributed by atoms with Crippen LogP contribution in [0.1, 0.15) is 10.6 Å². The van der Waals surface area contributed by atoms with Crippen molar-refractivity contribution < 1.29 is 14.0 Å². The lowest BCUT2D eigenvalue weighted by Gasteiger charge is -2.09. The van der Waals surface area contributed by atoms with E-state index in [1.54, 1.807) is 18.2 Å². The minimum Gasteiger partial charge on any atom is -0.459 e. The standard InChI is InChI=1S/C19H17N3O3/c23-18(13-20-19(24)17-7-4-12-25-17)22-16-10-8-15(9-11-16)21-14-5-2-1-3-6-14/h1-12,21H,13H2,(H,20,24)(H,22,23). The van der Waals surface area contributed by atoms with Gasteiger partial charge in [-0.2, -0.15) is 0 Å². The van der Waals surface area contributed by atoms with Crippen molar-refractivity contribution in [1.29, 1.82) is 0 Å². The average molecular weight is 335 g/mol. The Kier molecular flexibility index (Phi) is 5.11. The molecule has 0 atom stereocenters. The number of hydrogen-bond donors (Lipinski definition) is 3. The zero-order chi connectivity index (χ0) is 17.5. The van der Waals surface area contributed by atoms with E-state index in [4.69, 9.17) is 4.42 Å². The van der Waals surface area contributed by atoms with Gasteiger partial charge in [0.2, 0.25) is 5.91 Å². The highest BCUT2D eigenvalue weighted by molar-refractivity contribution is 5.98. The van der Waals surface area contributed by atoms with Crippen molar-refractivity contribution in [3.05, 3.63) is 78.8 Å². The largest absolute Gasteiger partial charge is 0.459 e. The molecule has 126 valence electrons. The second kappa shape index (κ2) is 7.83. The molecule has 6 nitrogen and oxygen atoms in total. The minimum atomic E-state index is -0.428. The highest BCUT2D eigenvalue weighted by Gasteiger charge is 2.10. The third-order valence-corrected chi connectivity index (χ3v) is 3.39. The lowest BCUT2D eigenvalue weighted by molar-refractivity contribution is -0.115. The minimum absolute atomic E-state index is 0.135. The lowest BCUT2D eigenvalue weighted by atomic mass is 10.2. The summed E-state index contributed by atoms with van der Waals surface area (Å²) in [5.74, 6) is -0.574. The van der Waals surface area contributed by atoms with Crippen LogP contribution in [0.25, 0.3) is 0 Å². The maximum Gasteiger partial charge on any atom is 0.287 e. The first-order valence-electron chi connectivity index (χ1n) is 7.74. The molecule has 25 heavy (non-hydrogen) atoms. The monoisotopic (exact) mass is 335 g/mol. The highest BCUT2D eigenvalue weighted by atomic mass is 16.3. The van der Waals surface area contributed by atoms with Crippen LogP contribution >= 0.6 is 0 Å². The number of carbonyl (C=O) groups is 2. The molecule has 3 rings (SSSR count). The van der Waals surface area contributed by atoms with Crippen LogP contribution in [0.2, 0.25) is 0 Å². The number of para-hydroxylation sites is 1. The summed E-state index contributed by atoms with van der Waals surface area (Å²) in [6, 6.07) is 20.2. The van der Waals surface area contributed by atoms with Crippen molar-refractivity contribution >= 4 is 28.9 Å². The van der Waals surface area contributed by atoms with Crippen LogP contribution in [-0.2, 0) is 4.79 Å². The van der Waals surface area contributed by atoms with Crippen LogP contribution in [0.15, 0.2) is 77.4 Å². The van der Waals surface area contributed by atoms with Crippen LogP contribution in [0, 0.1) is 0 Å². The summed E-state index contributed by atoms with van der Waals surface area (Å²) in [6.07, 6.45) is 1.40. The van der Waals surface area contributed by atoms with Crippen LogP contribution < -0.4 is 16.0 Å². The fourth-order valence-corrected chi connectivity index (χ4v) is 2.19. The maximum absolute atomic E-state index is 11.9. The molecular weight excluding hydrogens is 318 g/mol. The molecule has 3 N–H and O–H groups in total. The van der Waals surface area contributed by atoms with Gasteiger partial charge in [0.1, 0.15) is 0 Å². The molecule has 2 amide bonds. The average Bonchev–Trinajstić information content (AvgIpc) is 3.17. The van der Waals surface area contributed by atoms with Gasteiger partial charge >= 0.3 is 0 Å². The summed E-state index contributed by atoms with van der Waals surface area (Å²) in [7, 11) is 0. The molecule has 0 aliphatic rings. The van der Waals surface area contributed by atoms with E-state index in [1.165, 1.54) is 12.3 Å². The van der Waals surface area contributed by atoms with Crippen LogP contribution in [-0.4, -0.2) is 18.4 Å². The second-order valence-corrected chi connectivity index (χ2v) is 5.28. The normalized spacial score (nSPS) is 10.1. The van der Waals surface area contributed by atoms with E-state index in [0.717, 1.165) is 11.4 Å². The van der Waals surface area contributed by atoms with Crippen molar-refractivity contribution in [2.45, 2.75) is 0 Å². The molecule has 6 heteroatoms. The molecule has 0 radical (unpaired) electrons. The number of benzene rings is 2. The van der Waals surface area contributed by atoms with Crippen molar-refractivity contribution in [3.8, 4) is 0 Å². The Morgan fingerprint density at radius 1 is 0.800 bits per heavy atom. The van der Waals surface area contributed by atoms with Crippen molar-refractivity contribution in [2.75, 3.05) is 17.2 Å². The van der Waals surface area contributed by atoms with Crippen molar-refractivity contribution in [2.24, 2.45) is 0 Å². The Hall–Kier alpha value is -3.54. The van der Waals surface area contributed by atoms with Gasteiger partial charge in [-0.1, -0.05) is 18.2 Å². The molecule has 2 aromatic carbocycles. The Morgan fingerprint density at radius 3 is 2.16 bits per heavy atom. The predicted octanol–water partition coefficient (Wildman–Crippen LogP) is 3.39. The van der Waals surface area contributed by atoms with Gasteiger partial charge in [0, 0.05) is 17.1 Å². The number of hydrogen-bond acceptors (Lipinski definition) is 4. The topological polar surface area (TPSA) is 83.4 Å². The number of amides is 2. The molecule has 1 heterocycles. The van der Waals surface area contributed by atoms with Gasteiger partial charge in [-0.15, -0.1) is 0 Å². The molecule has 0 aliphatic heterocycles. The lowest BCUT2D eigenvalue weighted by Crippen LogP contribution is -2.32. The molecule has 0 saturated carbocycles. The molecule has 0 saturated heterocycles. The Balaban J connectivity index is 1.49. The quantitative estimate of drug-likeness (QED) is 0.645. The molecule has 0 aliphatic carbocycles. The highest BCUT2D eigenvalue weighted by Crippen LogP contribution is 2.18. The van der Waals surface area contributed by atoms with E-state index in [-0.39, 0.29) is 18.2 Å². The van der Waals surface area contributed by atoms with Gasteiger partial charge in [-0.25, -0.2) is 0 Å². The Bertz CT molecular complexity index is 828. The van der Waals surface area contributed by atoms with Crippen LogP contribution in [0.4, 0.5) is 17.1 Å². The van der Waals surface area contributed by atoms with Crippen molar-refractivity contribution in [1.82, 2.24) is 5.32 Å². The molecule has 3 aromatic rings. The van der Waals surface area contributed by atoms with E-state index in [0.29, 0.717) is 5.69 Å². The van der Waals surface area contributed by atoms with Gasteiger partial charge in [-0.05, 0) is 48.5 Å². The molecule has 0 fully saturated rings. The fourth-order valence-electron chi connectivity index (χ4n) is 2.19. The zero-order valence-corrected chi connectivity index (χ0v) is 13.4. The van der Waals surface area contributed by atoms with Gasteiger partial charge in [-0.3, -0.25) is 9.59 Å². The summed E-state index contributed by atoms with van der Waals surface area (Å²) < 4.78 is 4.96. The molecule has 0 bridgehead atoms. The van der Waals surface area contributed by atoms with E-state index in [2.05, 4.69) is 16.0 Å². The third kappa shape index (κ3) is 4.71. The molecule has 0 spiro atoms. The fraction of sp³-hybridized carbons (Fsp3) is 0.0526. The zero-order valence-electron chi connectivity index (χ0n) is 13.4. The van der Waals surface area contributed by atoms with E-state index in [9.17, 15) is 9.59 Å².